The summed E-state index contributed by atoms with van der Waals surface area (Å²) in [5.74, 6) is 6.05. The Labute approximate surface area is 178 Å². The fraction of sp³-hybridized carbons (Fsp3) is 0.0909. The number of allylic oxidation sites excluding steroid dienone is 1. The third kappa shape index (κ3) is 5.70. The largest absolute Gasteiger partial charge is 0.487 e. The van der Waals surface area contributed by atoms with Crippen LogP contribution in [-0.4, -0.2) is 21.7 Å². The molecule has 0 spiro atoms. The maximum Gasteiger partial charge on any atom is 0.158 e. The van der Waals surface area contributed by atoms with Crippen molar-refractivity contribution in [3.05, 3.63) is 83.0 Å². The number of hydrogen-bond acceptors (Lipinski definition) is 6. The molecule has 0 aliphatic carbocycles. The van der Waals surface area contributed by atoms with E-state index in [2.05, 4.69) is 27.1 Å². The van der Waals surface area contributed by atoms with Crippen molar-refractivity contribution < 1.29 is 14.2 Å². The molecule has 1 heterocycles. The van der Waals surface area contributed by atoms with Crippen LogP contribution in [0.2, 0.25) is 5.02 Å². The van der Waals surface area contributed by atoms with E-state index >= 15 is 0 Å². The van der Waals surface area contributed by atoms with Crippen LogP contribution in [0, 0.1) is 17.7 Å². The lowest BCUT2D eigenvalue weighted by atomic mass is 10.2. The Hall–Kier alpha value is -3.60. The number of nitrogens with two attached hydrogens (primary N) is 1. The molecule has 0 aliphatic rings. The van der Waals surface area contributed by atoms with E-state index < -0.39 is 0 Å². The summed E-state index contributed by atoms with van der Waals surface area (Å²) in [4.78, 5) is 8.18. The number of nitrogens with one attached hydrogen (secondary N) is 1. The van der Waals surface area contributed by atoms with Crippen molar-refractivity contribution in [1.82, 2.24) is 9.97 Å². The second-order valence-electron chi connectivity index (χ2n) is 6.03. The molecule has 3 aromatic rings. The number of halogens is 2. The maximum atomic E-state index is 13.3. The lowest BCUT2D eigenvalue weighted by molar-refractivity contribution is 0.306. The Morgan fingerprint density at radius 3 is 2.87 bits per heavy atom. The molecule has 0 saturated heterocycles. The molecule has 0 bridgehead atoms. The summed E-state index contributed by atoms with van der Waals surface area (Å²) < 4.78 is 18.9. The molecule has 0 fully saturated rings. The fourth-order valence-electron chi connectivity index (χ4n) is 2.44. The minimum Gasteiger partial charge on any atom is -0.487 e. The van der Waals surface area contributed by atoms with Gasteiger partial charge in [0.25, 0.3) is 0 Å². The first kappa shape index (κ1) is 21.1. The standard InChI is InChI=1S/C22H18ClFN4O2/c23-18-12-17(8-9-20(18)30-13-15-5-4-6-16(24)11-15)28-22-21(25)19(26-14-27-22)7-2-1-3-10-29/h1,3-6,8-9,11-12,14,29H,10,13,25H2,(H,26,27,28)/b3-1+. The highest BCUT2D eigenvalue weighted by molar-refractivity contribution is 6.32. The number of aromatic nitrogens is 2. The van der Waals surface area contributed by atoms with E-state index in [-0.39, 0.29) is 24.7 Å². The number of hydrogen-bond donors (Lipinski definition) is 3. The van der Waals surface area contributed by atoms with E-state index in [4.69, 9.17) is 27.2 Å². The monoisotopic (exact) mass is 424 g/mol. The van der Waals surface area contributed by atoms with Crippen LogP contribution >= 0.6 is 11.6 Å². The number of aliphatic hydroxyl groups excluding tert-OH is 1. The second kappa shape index (κ2) is 10.3. The van der Waals surface area contributed by atoms with Crippen LogP contribution in [0.1, 0.15) is 11.3 Å². The van der Waals surface area contributed by atoms with Gasteiger partial charge in [-0.15, -0.1) is 0 Å². The molecule has 0 unspecified atom stereocenters. The van der Waals surface area contributed by atoms with E-state index in [1.54, 1.807) is 30.3 Å². The second-order valence-corrected chi connectivity index (χ2v) is 6.43. The van der Waals surface area contributed by atoms with Gasteiger partial charge in [-0.25, -0.2) is 14.4 Å². The predicted molar refractivity (Wildman–Crippen MR) is 115 cm³/mol. The summed E-state index contributed by atoms with van der Waals surface area (Å²) in [6.45, 7) is 0.0965. The van der Waals surface area contributed by atoms with Gasteiger partial charge in [0, 0.05) is 5.69 Å². The zero-order valence-electron chi connectivity index (χ0n) is 15.8. The lowest BCUT2D eigenvalue weighted by Gasteiger charge is -2.12. The van der Waals surface area contributed by atoms with Gasteiger partial charge in [0.2, 0.25) is 0 Å². The molecule has 8 heteroatoms. The highest BCUT2D eigenvalue weighted by Gasteiger charge is 2.09. The van der Waals surface area contributed by atoms with Crippen LogP contribution in [-0.2, 0) is 6.61 Å². The summed E-state index contributed by atoms with van der Waals surface area (Å²) in [6, 6.07) is 11.3. The van der Waals surface area contributed by atoms with E-state index in [0.29, 0.717) is 33.5 Å². The molecule has 0 aliphatic heterocycles. The van der Waals surface area contributed by atoms with E-state index in [1.165, 1.54) is 30.6 Å². The summed E-state index contributed by atoms with van der Waals surface area (Å²) in [7, 11) is 0. The van der Waals surface area contributed by atoms with Crippen molar-refractivity contribution in [3.63, 3.8) is 0 Å². The highest BCUT2D eigenvalue weighted by atomic mass is 35.5. The minimum atomic E-state index is -0.322. The van der Waals surface area contributed by atoms with Crippen LogP contribution in [0.3, 0.4) is 0 Å². The van der Waals surface area contributed by atoms with Crippen molar-refractivity contribution in [2.45, 2.75) is 6.61 Å². The van der Waals surface area contributed by atoms with E-state index in [9.17, 15) is 4.39 Å². The van der Waals surface area contributed by atoms with Gasteiger partial charge in [0.05, 0.1) is 11.6 Å². The van der Waals surface area contributed by atoms with Gasteiger partial charge < -0.3 is 20.9 Å². The first-order chi connectivity index (χ1) is 14.6. The molecule has 0 amide bonds. The fourth-order valence-corrected chi connectivity index (χ4v) is 2.67. The SMILES string of the molecule is Nc1c(C#C/C=C/CO)ncnc1Nc1ccc(OCc2cccc(F)c2)c(Cl)c1. The smallest absolute Gasteiger partial charge is 0.158 e. The van der Waals surface area contributed by atoms with Crippen molar-refractivity contribution in [2.75, 3.05) is 17.7 Å². The highest BCUT2D eigenvalue weighted by Crippen LogP contribution is 2.30. The summed E-state index contributed by atoms with van der Waals surface area (Å²) in [6.07, 6.45) is 4.36. The molecule has 6 nitrogen and oxygen atoms in total. The number of nitrogen functional groups attached to an aromatic ring is 1. The van der Waals surface area contributed by atoms with Gasteiger partial charge in [-0.1, -0.05) is 35.7 Å². The Morgan fingerprint density at radius 2 is 2.10 bits per heavy atom. The summed E-state index contributed by atoms with van der Waals surface area (Å²) in [5, 5.41) is 12.2. The zero-order chi connectivity index (χ0) is 21.3. The molecule has 30 heavy (non-hydrogen) atoms. The van der Waals surface area contributed by atoms with Gasteiger partial charge in [-0.2, -0.15) is 0 Å². The molecule has 0 saturated carbocycles. The van der Waals surface area contributed by atoms with Gasteiger partial charge >= 0.3 is 0 Å². The average Bonchev–Trinajstić information content (AvgIpc) is 2.73. The van der Waals surface area contributed by atoms with E-state index in [0.717, 1.165) is 0 Å². The number of ether oxygens (including phenoxy) is 1. The normalized spacial score (nSPS) is 10.5. The zero-order valence-corrected chi connectivity index (χ0v) is 16.5. The van der Waals surface area contributed by atoms with Gasteiger partial charge in [-0.3, -0.25) is 0 Å². The summed E-state index contributed by atoms with van der Waals surface area (Å²) in [5.41, 5.74) is 8.07. The Bertz CT molecular complexity index is 1130. The molecular formula is C22H18ClFN4O2. The van der Waals surface area contributed by atoms with Gasteiger partial charge in [0.1, 0.15) is 35.9 Å². The minimum absolute atomic E-state index is 0.0938. The van der Waals surface area contributed by atoms with Crippen molar-refractivity contribution in [1.29, 1.82) is 0 Å². The van der Waals surface area contributed by atoms with Gasteiger partial charge in [-0.05, 0) is 47.9 Å². The third-order valence-corrected chi connectivity index (χ3v) is 4.15. The Morgan fingerprint density at radius 1 is 1.23 bits per heavy atom. The number of aliphatic hydroxyl groups is 1. The van der Waals surface area contributed by atoms with E-state index in [1.807, 2.05) is 0 Å². The first-order valence-corrected chi connectivity index (χ1v) is 9.26. The Kier molecular flexibility index (Phi) is 7.22. The maximum absolute atomic E-state index is 13.3. The molecule has 152 valence electrons. The molecule has 3 rings (SSSR count). The number of anilines is 3. The Balaban J connectivity index is 1.71. The molecule has 4 N–H and O–H groups in total. The molecule has 0 radical (unpaired) electrons. The van der Waals surface area contributed by atoms with Crippen LogP contribution < -0.4 is 15.8 Å². The van der Waals surface area contributed by atoms with Crippen molar-refractivity contribution in [2.24, 2.45) is 0 Å². The summed E-state index contributed by atoms with van der Waals surface area (Å²) >= 11 is 6.31. The molecule has 1 aromatic heterocycles. The van der Waals surface area contributed by atoms with Crippen LogP contribution in [0.25, 0.3) is 0 Å². The lowest BCUT2D eigenvalue weighted by Crippen LogP contribution is -2.03. The quantitative estimate of drug-likeness (QED) is 0.516. The van der Waals surface area contributed by atoms with Crippen LogP contribution in [0.5, 0.6) is 5.75 Å². The molecule has 0 atom stereocenters. The topological polar surface area (TPSA) is 93.3 Å². The van der Waals surface area contributed by atoms with Crippen LogP contribution in [0.4, 0.5) is 21.6 Å². The first-order valence-electron chi connectivity index (χ1n) is 8.88. The molecular weight excluding hydrogens is 407 g/mol. The van der Waals surface area contributed by atoms with Crippen LogP contribution in [0.15, 0.2) is 60.9 Å². The average molecular weight is 425 g/mol. The third-order valence-electron chi connectivity index (χ3n) is 3.86. The predicted octanol–water partition coefficient (Wildman–Crippen LogP) is 4.07. The number of rotatable bonds is 6. The molecule has 2 aromatic carbocycles. The van der Waals surface area contributed by atoms with Gasteiger partial charge in [0.15, 0.2) is 5.82 Å². The van der Waals surface area contributed by atoms with Crippen molar-refractivity contribution in [3.8, 4) is 17.6 Å². The number of benzene rings is 2. The van der Waals surface area contributed by atoms with Crippen molar-refractivity contribution >= 4 is 28.8 Å². The number of nitrogens with zero attached hydrogens (tertiary/aromatic N) is 2.